The molecule has 0 spiro atoms. The third-order valence-electron chi connectivity index (χ3n) is 2.02. The summed E-state index contributed by atoms with van der Waals surface area (Å²) in [6.07, 6.45) is 2.63. The maximum Gasteiger partial charge on any atom is 0.244 e. The molecule has 7 heteroatoms. The molecule has 0 amide bonds. The van der Waals surface area contributed by atoms with Crippen LogP contribution in [0, 0.1) is 6.92 Å². The van der Waals surface area contributed by atoms with Crippen molar-refractivity contribution in [2.45, 2.75) is 18.4 Å². The van der Waals surface area contributed by atoms with Gasteiger partial charge in [0.05, 0.1) is 6.20 Å². The van der Waals surface area contributed by atoms with Crippen molar-refractivity contribution in [3.8, 4) is 0 Å². The van der Waals surface area contributed by atoms with Gasteiger partial charge >= 0.3 is 0 Å². The molecular weight excluding hydrogens is 246 g/mol. The van der Waals surface area contributed by atoms with E-state index in [1.54, 1.807) is 11.3 Å². The van der Waals surface area contributed by atoms with Crippen LogP contribution in [0.3, 0.4) is 0 Å². The van der Waals surface area contributed by atoms with Gasteiger partial charge in [-0.3, -0.25) is 5.10 Å². The number of sulfonamides is 1. The zero-order valence-corrected chi connectivity index (χ0v) is 10.2. The minimum Gasteiger partial charge on any atom is -0.284 e. The first-order valence-electron chi connectivity index (χ1n) is 4.62. The molecule has 0 unspecified atom stereocenters. The predicted molar refractivity (Wildman–Crippen MR) is 61.7 cm³/mol. The highest BCUT2D eigenvalue weighted by Crippen LogP contribution is 2.15. The first kappa shape index (κ1) is 11.3. The Morgan fingerprint density at radius 2 is 2.31 bits per heavy atom. The van der Waals surface area contributed by atoms with E-state index in [0.29, 0.717) is 6.54 Å². The molecule has 2 aromatic rings. The van der Waals surface area contributed by atoms with Gasteiger partial charge in [-0.25, -0.2) is 13.1 Å². The van der Waals surface area contributed by atoms with Gasteiger partial charge in [0.1, 0.15) is 4.90 Å². The summed E-state index contributed by atoms with van der Waals surface area (Å²) < 4.78 is 25.9. The van der Waals surface area contributed by atoms with E-state index < -0.39 is 10.0 Å². The number of rotatable bonds is 4. The fourth-order valence-corrected chi connectivity index (χ4v) is 3.05. The average Bonchev–Trinajstić information content (AvgIpc) is 2.85. The molecule has 86 valence electrons. The van der Waals surface area contributed by atoms with E-state index in [2.05, 4.69) is 14.9 Å². The SMILES string of the molecule is Cc1ccc(CNS(=O)(=O)c2cn[nH]c2)s1. The summed E-state index contributed by atoms with van der Waals surface area (Å²) >= 11 is 1.58. The Labute approximate surface area is 97.6 Å². The van der Waals surface area contributed by atoms with E-state index in [1.165, 1.54) is 12.4 Å². The smallest absolute Gasteiger partial charge is 0.244 e. The fourth-order valence-electron chi connectivity index (χ4n) is 1.22. The van der Waals surface area contributed by atoms with E-state index in [0.717, 1.165) is 9.75 Å². The topological polar surface area (TPSA) is 74.8 Å². The Hall–Kier alpha value is -1.18. The van der Waals surface area contributed by atoms with Crippen molar-refractivity contribution in [1.82, 2.24) is 14.9 Å². The molecule has 2 N–H and O–H groups in total. The number of aromatic nitrogens is 2. The van der Waals surface area contributed by atoms with Crippen LogP contribution in [0.1, 0.15) is 9.75 Å². The van der Waals surface area contributed by atoms with Crippen molar-refractivity contribution in [3.05, 3.63) is 34.3 Å². The molecule has 2 heterocycles. The molecule has 0 atom stereocenters. The summed E-state index contributed by atoms with van der Waals surface area (Å²) in [4.78, 5) is 2.31. The molecule has 16 heavy (non-hydrogen) atoms. The second-order valence-electron chi connectivity index (χ2n) is 3.27. The molecule has 0 fully saturated rings. The van der Waals surface area contributed by atoms with Crippen molar-refractivity contribution >= 4 is 21.4 Å². The van der Waals surface area contributed by atoms with E-state index in [4.69, 9.17) is 0 Å². The number of nitrogens with zero attached hydrogens (tertiary/aromatic N) is 1. The minimum atomic E-state index is -3.44. The van der Waals surface area contributed by atoms with Crippen LogP contribution in [0.25, 0.3) is 0 Å². The Balaban J connectivity index is 2.06. The molecule has 2 aromatic heterocycles. The van der Waals surface area contributed by atoms with Gasteiger partial charge in [-0.05, 0) is 19.1 Å². The molecule has 5 nitrogen and oxygen atoms in total. The molecule has 0 aliphatic rings. The molecule has 0 aliphatic heterocycles. The van der Waals surface area contributed by atoms with Gasteiger partial charge in [-0.1, -0.05) is 0 Å². The summed E-state index contributed by atoms with van der Waals surface area (Å²) in [5.41, 5.74) is 0. The fraction of sp³-hybridized carbons (Fsp3) is 0.222. The van der Waals surface area contributed by atoms with Crippen molar-refractivity contribution in [2.24, 2.45) is 0 Å². The Morgan fingerprint density at radius 1 is 1.50 bits per heavy atom. The molecule has 2 rings (SSSR count). The van der Waals surface area contributed by atoms with E-state index in [1.807, 2.05) is 19.1 Å². The van der Waals surface area contributed by atoms with Crippen molar-refractivity contribution in [1.29, 1.82) is 0 Å². The zero-order chi connectivity index (χ0) is 11.6. The number of H-pyrrole nitrogens is 1. The normalized spacial score (nSPS) is 11.8. The minimum absolute atomic E-state index is 0.153. The number of hydrogen-bond donors (Lipinski definition) is 2. The molecule has 0 bridgehead atoms. The van der Waals surface area contributed by atoms with Crippen molar-refractivity contribution in [2.75, 3.05) is 0 Å². The maximum atomic E-state index is 11.7. The lowest BCUT2D eigenvalue weighted by Crippen LogP contribution is -2.22. The van der Waals surface area contributed by atoms with Crippen LogP contribution in [0.5, 0.6) is 0 Å². The first-order chi connectivity index (χ1) is 7.58. The number of nitrogens with one attached hydrogen (secondary N) is 2. The van der Waals surface area contributed by atoms with Gasteiger partial charge in [0.2, 0.25) is 10.0 Å². The van der Waals surface area contributed by atoms with Crippen molar-refractivity contribution in [3.63, 3.8) is 0 Å². The van der Waals surface area contributed by atoms with Crippen molar-refractivity contribution < 1.29 is 8.42 Å². The Bertz CT molecular complexity index is 557. The highest BCUT2D eigenvalue weighted by molar-refractivity contribution is 7.89. The summed E-state index contributed by atoms with van der Waals surface area (Å²) in [7, 11) is -3.44. The highest BCUT2D eigenvalue weighted by Gasteiger charge is 2.14. The second-order valence-corrected chi connectivity index (χ2v) is 6.41. The molecular formula is C9H11N3O2S2. The third-order valence-corrected chi connectivity index (χ3v) is 4.38. The van der Waals surface area contributed by atoms with Gasteiger partial charge in [-0.15, -0.1) is 11.3 Å². The average molecular weight is 257 g/mol. The van der Waals surface area contributed by atoms with Crippen LogP contribution < -0.4 is 4.72 Å². The largest absolute Gasteiger partial charge is 0.284 e. The van der Waals surface area contributed by atoms with E-state index >= 15 is 0 Å². The van der Waals surface area contributed by atoms with Gasteiger partial charge in [0, 0.05) is 22.5 Å². The number of thiophene rings is 1. The second kappa shape index (κ2) is 4.36. The van der Waals surface area contributed by atoms with Gasteiger partial charge in [-0.2, -0.15) is 5.10 Å². The monoisotopic (exact) mass is 257 g/mol. The van der Waals surface area contributed by atoms with Crippen LogP contribution in [0.15, 0.2) is 29.4 Å². The van der Waals surface area contributed by atoms with E-state index in [-0.39, 0.29) is 4.90 Å². The lowest BCUT2D eigenvalue weighted by Gasteiger charge is -2.01. The zero-order valence-electron chi connectivity index (χ0n) is 8.60. The van der Waals surface area contributed by atoms with Crippen LogP contribution >= 0.6 is 11.3 Å². The number of aromatic amines is 1. The maximum absolute atomic E-state index is 11.7. The molecule has 0 saturated carbocycles. The quantitative estimate of drug-likeness (QED) is 0.865. The Kier molecular flexibility index (Phi) is 3.08. The first-order valence-corrected chi connectivity index (χ1v) is 6.92. The lowest BCUT2D eigenvalue weighted by atomic mass is 10.4. The van der Waals surface area contributed by atoms with Crippen LogP contribution in [-0.4, -0.2) is 18.6 Å². The summed E-state index contributed by atoms with van der Waals surface area (Å²) in [5.74, 6) is 0. The summed E-state index contributed by atoms with van der Waals surface area (Å²) in [5, 5.41) is 6.08. The van der Waals surface area contributed by atoms with Crippen LogP contribution in [0.2, 0.25) is 0 Å². The number of hydrogen-bond acceptors (Lipinski definition) is 4. The van der Waals surface area contributed by atoms with E-state index in [9.17, 15) is 8.42 Å². The predicted octanol–water partition coefficient (Wildman–Crippen LogP) is 1.26. The summed E-state index contributed by atoms with van der Waals surface area (Å²) in [6.45, 7) is 2.30. The van der Waals surface area contributed by atoms with Gasteiger partial charge in [0.15, 0.2) is 0 Å². The van der Waals surface area contributed by atoms with Gasteiger partial charge < -0.3 is 0 Å². The standard InChI is InChI=1S/C9H11N3O2S2/c1-7-2-3-8(15-7)4-12-16(13,14)9-5-10-11-6-9/h2-3,5-6,12H,4H2,1H3,(H,10,11). The lowest BCUT2D eigenvalue weighted by molar-refractivity contribution is 0.582. The number of aryl methyl sites for hydroxylation is 1. The molecule has 0 saturated heterocycles. The van der Waals surface area contributed by atoms with Gasteiger partial charge in [0.25, 0.3) is 0 Å². The Morgan fingerprint density at radius 3 is 2.88 bits per heavy atom. The van der Waals surface area contributed by atoms with Crippen LogP contribution in [0.4, 0.5) is 0 Å². The highest BCUT2D eigenvalue weighted by atomic mass is 32.2. The van der Waals surface area contributed by atoms with Crippen LogP contribution in [-0.2, 0) is 16.6 Å². The molecule has 0 radical (unpaired) electrons. The summed E-state index contributed by atoms with van der Waals surface area (Å²) in [6, 6.07) is 3.88. The molecule has 0 aromatic carbocycles. The molecule has 0 aliphatic carbocycles. The third kappa shape index (κ3) is 2.49.